The van der Waals surface area contributed by atoms with Crippen LogP contribution in [0.15, 0.2) is 12.1 Å². The van der Waals surface area contributed by atoms with Crippen LogP contribution in [0.5, 0.6) is 0 Å². The van der Waals surface area contributed by atoms with Crippen molar-refractivity contribution in [2.24, 2.45) is 5.92 Å². The van der Waals surface area contributed by atoms with Crippen LogP contribution in [-0.2, 0) is 10.2 Å². The molecule has 21 heavy (non-hydrogen) atoms. The molecule has 0 radical (unpaired) electrons. The van der Waals surface area contributed by atoms with E-state index in [4.69, 9.17) is 4.74 Å². The van der Waals surface area contributed by atoms with Gasteiger partial charge in [0.15, 0.2) is 0 Å². The van der Waals surface area contributed by atoms with Gasteiger partial charge in [0.25, 0.3) is 0 Å². The SMILES string of the molecule is COCC(Nc1cc(C(=O)O)cc(C(C)(C)C)n1)C(C)C. The second-order valence-electron chi connectivity index (χ2n) is 6.63. The Balaban J connectivity index is 3.16. The van der Waals surface area contributed by atoms with Gasteiger partial charge in [-0.3, -0.25) is 0 Å². The first-order valence-corrected chi connectivity index (χ1v) is 7.16. The fourth-order valence-electron chi connectivity index (χ4n) is 1.88. The van der Waals surface area contributed by atoms with Crippen molar-refractivity contribution in [3.05, 3.63) is 23.4 Å². The average Bonchev–Trinajstić information content (AvgIpc) is 2.36. The van der Waals surface area contributed by atoms with E-state index in [9.17, 15) is 9.90 Å². The zero-order valence-electron chi connectivity index (χ0n) is 13.7. The molecule has 0 aliphatic rings. The van der Waals surface area contributed by atoms with E-state index in [0.717, 1.165) is 5.69 Å². The number of nitrogens with zero attached hydrogens (tertiary/aromatic N) is 1. The minimum Gasteiger partial charge on any atom is -0.478 e. The van der Waals surface area contributed by atoms with E-state index in [1.807, 2.05) is 20.8 Å². The number of anilines is 1. The zero-order valence-corrected chi connectivity index (χ0v) is 13.7. The van der Waals surface area contributed by atoms with Gasteiger partial charge in [0, 0.05) is 18.2 Å². The van der Waals surface area contributed by atoms with Gasteiger partial charge in [-0.2, -0.15) is 0 Å². The van der Waals surface area contributed by atoms with Crippen molar-refractivity contribution >= 4 is 11.8 Å². The van der Waals surface area contributed by atoms with Gasteiger partial charge in [-0.15, -0.1) is 0 Å². The number of rotatable bonds is 6. The van der Waals surface area contributed by atoms with Crippen LogP contribution in [0.3, 0.4) is 0 Å². The maximum atomic E-state index is 11.3. The molecule has 1 unspecified atom stereocenters. The summed E-state index contributed by atoms with van der Waals surface area (Å²) in [6.45, 7) is 10.8. The Morgan fingerprint density at radius 3 is 2.43 bits per heavy atom. The molecule has 0 spiro atoms. The van der Waals surface area contributed by atoms with Crippen molar-refractivity contribution in [3.8, 4) is 0 Å². The van der Waals surface area contributed by atoms with Gasteiger partial charge in [-0.25, -0.2) is 9.78 Å². The quantitative estimate of drug-likeness (QED) is 0.843. The second-order valence-corrected chi connectivity index (χ2v) is 6.63. The molecule has 5 nitrogen and oxygen atoms in total. The van der Waals surface area contributed by atoms with Gasteiger partial charge in [0.2, 0.25) is 0 Å². The van der Waals surface area contributed by atoms with E-state index in [2.05, 4.69) is 24.1 Å². The molecule has 0 saturated heterocycles. The monoisotopic (exact) mass is 294 g/mol. The number of aromatic carboxylic acids is 1. The van der Waals surface area contributed by atoms with E-state index in [1.54, 1.807) is 19.2 Å². The van der Waals surface area contributed by atoms with E-state index >= 15 is 0 Å². The Labute approximate surface area is 126 Å². The number of hydrogen-bond acceptors (Lipinski definition) is 4. The summed E-state index contributed by atoms with van der Waals surface area (Å²) in [4.78, 5) is 15.9. The lowest BCUT2D eigenvalue weighted by molar-refractivity contribution is 0.0696. The number of ether oxygens (including phenoxy) is 1. The average molecular weight is 294 g/mol. The van der Waals surface area contributed by atoms with Crippen molar-refractivity contribution in [2.75, 3.05) is 19.0 Å². The lowest BCUT2D eigenvalue weighted by Crippen LogP contribution is -2.31. The van der Waals surface area contributed by atoms with Crippen LogP contribution in [0.1, 0.15) is 50.7 Å². The van der Waals surface area contributed by atoms with Gasteiger partial charge in [-0.05, 0) is 18.1 Å². The number of aromatic nitrogens is 1. The lowest BCUT2D eigenvalue weighted by Gasteiger charge is -2.24. The Hall–Kier alpha value is -1.62. The molecular weight excluding hydrogens is 268 g/mol. The van der Waals surface area contributed by atoms with Crippen molar-refractivity contribution in [2.45, 2.75) is 46.1 Å². The number of hydrogen-bond donors (Lipinski definition) is 2. The van der Waals surface area contributed by atoms with Crippen LogP contribution in [0.25, 0.3) is 0 Å². The predicted octanol–water partition coefficient (Wildman–Crippen LogP) is 3.16. The van der Waals surface area contributed by atoms with E-state index in [0.29, 0.717) is 18.3 Å². The van der Waals surface area contributed by atoms with Crippen molar-refractivity contribution in [1.82, 2.24) is 4.98 Å². The summed E-state index contributed by atoms with van der Waals surface area (Å²) in [5.74, 6) is -0.0207. The Kier molecular flexibility index (Phi) is 5.72. The first-order valence-electron chi connectivity index (χ1n) is 7.16. The van der Waals surface area contributed by atoms with Gasteiger partial charge < -0.3 is 15.2 Å². The fraction of sp³-hybridized carbons (Fsp3) is 0.625. The molecule has 1 rings (SSSR count). The highest BCUT2D eigenvalue weighted by molar-refractivity contribution is 5.88. The number of pyridine rings is 1. The van der Waals surface area contributed by atoms with Gasteiger partial charge in [0.05, 0.1) is 18.2 Å². The summed E-state index contributed by atoms with van der Waals surface area (Å²) < 4.78 is 5.21. The fourth-order valence-corrected chi connectivity index (χ4v) is 1.88. The first-order chi connectivity index (χ1) is 9.65. The summed E-state index contributed by atoms with van der Waals surface area (Å²) in [7, 11) is 1.65. The highest BCUT2D eigenvalue weighted by Gasteiger charge is 2.21. The smallest absolute Gasteiger partial charge is 0.335 e. The number of nitrogens with one attached hydrogen (secondary N) is 1. The van der Waals surface area contributed by atoms with E-state index in [1.165, 1.54) is 0 Å². The van der Waals surface area contributed by atoms with Gasteiger partial charge in [-0.1, -0.05) is 34.6 Å². The minimum atomic E-state index is -0.946. The van der Waals surface area contributed by atoms with Crippen LogP contribution in [0.2, 0.25) is 0 Å². The largest absolute Gasteiger partial charge is 0.478 e. The molecule has 1 aromatic rings. The van der Waals surface area contributed by atoms with Crippen LogP contribution in [-0.4, -0.2) is 35.8 Å². The maximum absolute atomic E-state index is 11.3. The van der Waals surface area contributed by atoms with Crippen LogP contribution < -0.4 is 5.32 Å². The molecule has 0 bridgehead atoms. The van der Waals surface area contributed by atoms with E-state index < -0.39 is 5.97 Å². The normalized spacial score (nSPS) is 13.3. The lowest BCUT2D eigenvalue weighted by atomic mass is 9.90. The number of carboxylic acids is 1. The van der Waals surface area contributed by atoms with Crippen molar-refractivity contribution in [3.63, 3.8) is 0 Å². The van der Waals surface area contributed by atoms with E-state index in [-0.39, 0.29) is 17.0 Å². The van der Waals surface area contributed by atoms with Crippen LogP contribution >= 0.6 is 0 Å². The number of carboxylic acid groups (broad SMARTS) is 1. The van der Waals surface area contributed by atoms with Crippen molar-refractivity contribution < 1.29 is 14.6 Å². The molecule has 2 N–H and O–H groups in total. The third-order valence-electron chi connectivity index (χ3n) is 3.32. The molecule has 1 heterocycles. The number of carbonyl (C=O) groups is 1. The Morgan fingerprint density at radius 1 is 1.38 bits per heavy atom. The Bertz CT molecular complexity index is 493. The molecule has 0 aliphatic heterocycles. The summed E-state index contributed by atoms with van der Waals surface area (Å²) in [6.07, 6.45) is 0. The molecule has 0 saturated carbocycles. The molecule has 0 amide bonds. The molecule has 0 fully saturated rings. The molecule has 5 heteroatoms. The minimum absolute atomic E-state index is 0.0827. The highest BCUT2D eigenvalue weighted by atomic mass is 16.5. The molecular formula is C16H26N2O3. The van der Waals surface area contributed by atoms with Crippen LogP contribution in [0.4, 0.5) is 5.82 Å². The second kappa shape index (κ2) is 6.89. The molecule has 0 aromatic carbocycles. The van der Waals surface area contributed by atoms with Gasteiger partial charge in [0.1, 0.15) is 5.82 Å². The molecule has 1 atom stereocenters. The first kappa shape index (κ1) is 17.4. The molecule has 1 aromatic heterocycles. The van der Waals surface area contributed by atoms with Gasteiger partial charge >= 0.3 is 5.97 Å². The summed E-state index contributed by atoms with van der Waals surface area (Å²) in [6, 6.07) is 3.29. The number of methoxy groups -OCH3 is 1. The summed E-state index contributed by atoms with van der Waals surface area (Å²) >= 11 is 0. The van der Waals surface area contributed by atoms with Crippen molar-refractivity contribution in [1.29, 1.82) is 0 Å². The summed E-state index contributed by atoms with van der Waals surface area (Å²) in [5.41, 5.74) is 0.790. The standard InChI is InChI=1S/C16H26N2O3/c1-10(2)12(9-21-6)17-14-8-11(15(19)20)7-13(18-14)16(3,4)5/h7-8,10,12H,9H2,1-6H3,(H,17,18)(H,19,20). The third kappa shape index (κ3) is 5.01. The Morgan fingerprint density at radius 2 is 2.00 bits per heavy atom. The molecule has 118 valence electrons. The topological polar surface area (TPSA) is 71.5 Å². The highest BCUT2D eigenvalue weighted by Crippen LogP contribution is 2.24. The predicted molar refractivity (Wildman–Crippen MR) is 84.0 cm³/mol. The maximum Gasteiger partial charge on any atom is 0.335 e. The molecule has 0 aliphatic carbocycles. The van der Waals surface area contributed by atoms with Crippen LogP contribution in [0, 0.1) is 5.92 Å². The zero-order chi connectivity index (χ0) is 16.2. The summed E-state index contributed by atoms with van der Waals surface area (Å²) in [5, 5.41) is 12.6. The third-order valence-corrected chi connectivity index (χ3v) is 3.32.